The summed E-state index contributed by atoms with van der Waals surface area (Å²) in [4.78, 5) is 9.89. The smallest absolute Gasteiger partial charge is 0.0636 e. The first-order valence-corrected chi connectivity index (χ1v) is 29.0. The molecule has 0 amide bonds. The van der Waals surface area contributed by atoms with Crippen molar-refractivity contribution in [3.05, 3.63) is 59.7 Å². The summed E-state index contributed by atoms with van der Waals surface area (Å²) in [5.74, 6) is 0. The van der Waals surface area contributed by atoms with Crippen molar-refractivity contribution in [2.75, 3.05) is 0 Å². The van der Waals surface area contributed by atoms with Crippen LogP contribution in [0.15, 0.2) is 58.5 Å². The van der Waals surface area contributed by atoms with Crippen molar-refractivity contribution in [3.63, 3.8) is 0 Å². The number of rotatable bonds is 48. The third kappa shape index (κ3) is 39.9. The van der Waals surface area contributed by atoms with Crippen LogP contribution in [0.2, 0.25) is 0 Å². The zero-order chi connectivity index (χ0) is 45.5. The molecular formula is C62H108N2Ni. The van der Waals surface area contributed by atoms with Gasteiger partial charge in [0, 0.05) is 22.7 Å². The molecule has 0 aliphatic rings. The molecule has 2 aromatic rings. The van der Waals surface area contributed by atoms with Gasteiger partial charge in [-0.05, 0) is 67.5 Å². The largest absolute Gasteiger partial charge is 0.255 e. The second-order valence-electron chi connectivity index (χ2n) is 20.2. The van der Waals surface area contributed by atoms with Gasteiger partial charge in [0.2, 0.25) is 0 Å². The number of hydrogen-bond acceptors (Lipinski definition) is 2. The van der Waals surface area contributed by atoms with Crippen LogP contribution in [0.3, 0.4) is 0 Å². The van der Waals surface area contributed by atoms with E-state index in [9.17, 15) is 0 Å². The Kier molecular flexibility index (Phi) is 45.9. The van der Waals surface area contributed by atoms with E-state index in [2.05, 4.69) is 69.3 Å². The second-order valence-corrected chi connectivity index (χ2v) is 20.2. The minimum Gasteiger partial charge on any atom is -0.255 e. The average molecular weight is 940 g/mol. The van der Waals surface area contributed by atoms with E-state index in [0.29, 0.717) is 0 Å². The summed E-state index contributed by atoms with van der Waals surface area (Å²) < 4.78 is 0. The molecule has 0 aliphatic carbocycles. The van der Waals surface area contributed by atoms with Gasteiger partial charge in [-0.3, -0.25) is 9.98 Å². The average Bonchev–Trinajstić information content (AvgIpc) is 3.31. The molecule has 0 aromatic heterocycles. The summed E-state index contributed by atoms with van der Waals surface area (Å²) in [6.07, 6.45) is 65.4. The van der Waals surface area contributed by atoms with Gasteiger partial charge in [0.15, 0.2) is 0 Å². The van der Waals surface area contributed by atoms with Crippen LogP contribution in [-0.4, -0.2) is 11.9 Å². The van der Waals surface area contributed by atoms with E-state index in [4.69, 9.17) is 9.98 Å². The fraction of sp³-hybridized carbons (Fsp3) is 0.774. The SMILES string of the molecule is CCCCCCCCCCCCCCCCCCCCCCCc1cccc(N=CC(CC)=Nc2cccc(CCCCCCCCCCCCCCCCCCCCCCC)c2)c1.[Ni]. The van der Waals surface area contributed by atoms with Gasteiger partial charge in [0.05, 0.1) is 17.1 Å². The maximum absolute atomic E-state index is 5.01. The van der Waals surface area contributed by atoms with Crippen molar-refractivity contribution < 1.29 is 16.5 Å². The van der Waals surface area contributed by atoms with Gasteiger partial charge in [-0.2, -0.15) is 0 Å². The van der Waals surface area contributed by atoms with Crippen molar-refractivity contribution in [1.82, 2.24) is 0 Å². The van der Waals surface area contributed by atoms with Gasteiger partial charge in [-0.25, -0.2) is 0 Å². The first kappa shape index (κ1) is 61.3. The molecule has 376 valence electrons. The molecule has 0 heterocycles. The summed E-state index contributed by atoms with van der Waals surface area (Å²) >= 11 is 0. The van der Waals surface area contributed by atoms with Crippen LogP contribution >= 0.6 is 0 Å². The van der Waals surface area contributed by atoms with Gasteiger partial charge < -0.3 is 0 Å². The van der Waals surface area contributed by atoms with E-state index < -0.39 is 0 Å². The quantitative estimate of drug-likeness (QED) is 0.0359. The number of aryl methyl sites for hydroxylation is 2. The van der Waals surface area contributed by atoms with Crippen LogP contribution < -0.4 is 0 Å². The minimum absolute atomic E-state index is 0. The van der Waals surface area contributed by atoms with E-state index in [1.165, 1.54) is 281 Å². The second kappa shape index (κ2) is 48.7. The Balaban J connectivity index is 0.0000211. The topological polar surface area (TPSA) is 24.7 Å². The summed E-state index contributed by atoms with van der Waals surface area (Å²) in [6.45, 7) is 6.80. The molecule has 0 atom stereocenters. The Morgan fingerprint density at radius 3 is 0.892 bits per heavy atom. The van der Waals surface area contributed by atoms with Crippen molar-refractivity contribution >= 4 is 23.3 Å². The van der Waals surface area contributed by atoms with E-state index in [-0.39, 0.29) is 16.5 Å². The zero-order valence-corrected chi connectivity index (χ0v) is 44.7. The molecule has 0 aliphatic heterocycles. The van der Waals surface area contributed by atoms with Crippen molar-refractivity contribution in [2.24, 2.45) is 9.98 Å². The molecule has 0 N–H and O–H groups in total. The van der Waals surface area contributed by atoms with Crippen molar-refractivity contribution in [1.29, 1.82) is 0 Å². The maximum Gasteiger partial charge on any atom is 0.0636 e. The van der Waals surface area contributed by atoms with Crippen LogP contribution in [0.4, 0.5) is 11.4 Å². The maximum atomic E-state index is 5.01. The van der Waals surface area contributed by atoms with Gasteiger partial charge in [-0.1, -0.05) is 302 Å². The molecule has 0 saturated heterocycles. The molecule has 2 nitrogen and oxygen atoms in total. The number of aliphatic imine (C=N–C) groups is 2. The van der Waals surface area contributed by atoms with Crippen LogP contribution in [0, 0.1) is 0 Å². The molecule has 0 unspecified atom stereocenters. The fourth-order valence-electron chi connectivity index (χ4n) is 9.61. The predicted molar refractivity (Wildman–Crippen MR) is 291 cm³/mol. The number of benzene rings is 2. The van der Waals surface area contributed by atoms with Crippen LogP contribution in [0.5, 0.6) is 0 Å². The predicted octanol–water partition coefficient (Wildman–Crippen LogP) is 22.1. The Morgan fingerprint density at radius 2 is 0.600 bits per heavy atom. The van der Waals surface area contributed by atoms with Gasteiger partial charge in [0.1, 0.15) is 0 Å². The molecule has 2 aromatic carbocycles. The van der Waals surface area contributed by atoms with Gasteiger partial charge >= 0.3 is 0 Å². The van der Waals surface area contributed by atoms with Gasteiger partial charge in [0.25, 0.3) is 0 Å². The molecule has 0 spiro atoms. The molecule has 65 heavy (non-hydrogen) atoms. The Morgan fingerprint density at radius 1 is 0.338 bits per heavy atom. The molecule has 0 fully saturated rings. The van der Waals surface area contributed by atoms with Crippen molar-refractivity contribution in [2.45, 2.75) is 310 Å². The number of hydrogen-bond donors (Lipinski definition) is 0. The molecular weight excluding hydrogens is 831 g/mol. The van der Waals surface area contributed by atoms with Gasteiger partial charge in [-0.15, -0.1) is 0 Å². The van der Waals surface area contributed by atoms with E-state index in [1.807, 2.05) is 6.21 Å². The normalized spacial score (nSPS) is 11.8. The fourth-order valence-corrected chi connectivity index (χ4v) is 9.61. The monoisotopic (exact) mass is 939 g/mol. The van der Waals surface area contributed by atoms with Crippen LogP contribution in [-0.2, 0) is 29.3 Å². The molecule has 2 rings (SSSR count). The van der Waals surface area contributed by atoms with Crippen LogP contribution in [0.25, 0.3) is 0 Å². The molecule has 3 heteroatoms. The minimum atomic E-state index is 0. The first-order valence-electron chi connectivity index (χ1n) is 29.0. The molecule has 0 saturated carbocycles. The summed E-state index contributed by atoms with van der Waals surface area (Å²) in [7, 11) is 0. The number of unbranched alkanes of at least 4 members (excludes halogenated alkanes) is 40. The zero-order valence-electron chi connectivity index (χ0n) is 43.7. The van der Waals surface area contributed by atoms with E-state index >= 15 is 0 Å². The molecule has 0 bridgehead atoms. The third-order valence-corrected chi connectivity index (χ3v) is 14.0. The van der Waals surface area contributed by atoms with E-state index in [1.54, 1.807) is 0 Å². The third-order valence-electron chi connectivity index (χ3n) is 14.0. The summed E-state index contributed by atoms with van der Waals surface area (Å²) in [5, 5.41) is 0. The summed E-state index contributed by atoms with van der Waals surface area (Å²) in [5.41, 5.74) is 5.98. The first-order chi connectivity index (χ1) is 31.7. The Labute approximate surface area is 417 Å². The van der Waals surface area contributed by atoms with Crippen molar-refractivity contribution in [3.8, 4) is 0 Å². The van der Waals surface area contributed by atoms with Crippen LogP contribution in [0.1, 0.15) is 308 Å². The Bertz CT molecular complexity index is 1330. The summed E-state index contributed by atoms with van der Waals surface area (Å²) in [6, 6.07) is 17.8. The number of nitrogens with zero attached hydrogens (tertiary/aromatic N) is 2. The van der Waals surface area contributed by atoms with E-state index in [0.717, 1.165) is 36.3 Å². The Hall–Kier alpha value is -1.73. The molecule has 0 radical (unpaired) electrons. The standard InChI is InChI=1S/C62H108N2.Ni/c1-4-7-9-11-13-15-17-19-21-23-25-27-29-31-33-35-37-39-41-43-45-49-58-51-47-53-61(55-58)63-57-60(6-3)64-62-54-48-52-59(56-62)50-46-44-42-40-38-36-34-32-30-28-26-24-22-20-18-16-14-12-10-8-5-2;/h47-48,51-57H,4-46,49-50H2,1-3H3;.